The first-order chi connectivity index (χ1) is 5.97. The van der Waals surface area contributed by atoms with Gasteiger partial charge in [-0.25, -0.2) is 4.79 Å². The Morgan fingerprint density at radius 3 is 1.77 bits per heavy atom. The van der Waals surface area contributed by atoms with Gasteiger partial charge in [0.25, 0.3) is 0 Å². The van der Waals surface area contributed by atoms with Gasteiger partial charge in [-0.3, -0.25) is 0 Å². The summed E-state index contributed by atoms with van der Waals surface area (Å²) in [6.07, 6.45) is 0. The minimum Gasteiger partial charge on any atom is -0.341 e. The number of rotatable bonds is 4. The van der Waals surface area contributed by atoms with Crippen LogP contribution in [0.1, 0.15) is 27.7 Å². The Morgan fingerprint density at radius 2 is 1.54 bits per heavy atom. The molecule has 0 aliphatic rings. The SMILES string of the molecule is CNC(=O)N(CC(C)C)CC(C)C. The second kappa shape index (κ2) is 5.84. The molecule has 0 saturated heterocycles. The van der Waals surface area contributed by atoms with Crippen molar-refractivity contribution >= 4 is 6.03 Å². The molecular formula is C10H22N2O. The summed E-state index contributed by atoms with van der Waals surface area (Å²) in [5, 5.41) is 2.66. The van der Waals surface area contributed by atoms with Crippen molar-refractivity contribution in [1.82, 2.24) is 10.2 Å². The van der Waals surface area contributed by atoms with Crippen LogP contribution in [0.5, 0.6) is 0 Å². The van der Waals surface area contributed by atoms with E-state index in [2.05, 4.69) is 33.0 Å². The van der Waals surface area contributed by atoms with Gasteiger partial charge in [-0.15, -0.1) is 0 Å². The summed E-state index contributed by atoms with van der Waals surface area (Å²) in [5.41, 5.74) is 0. The van der Waals surface area contributed by atoms with Gasteiger partial charge in [-0.2, -0.15) is 0 Å². The Morgan fingerprint density at radius 1 is 1.15 bits per heavy atom. The molecule has 13 heavy (non-hydrogen) atoms. The highest BCUT2D eigenvalue weighted by Gasteiger charge is 2.13. The molecule has 0 radical (unpaired) electrons. The minimum atomic E-state index is 0.0300. The predicted octanol–water partition coefficient (Wildman–Crippen LogP) is 1.94. The van der Waals surface area contributed by atoms with E-state index in [0.29, 0.717) is 11.8 Å². The van der Waals surface area contributed by atoms with Gasteiger partial charge in [0.05, 0.1) is 0 Å². The lowest BCUT2D eigenvalue weighted by molar-refractivity contribution is 0.185. The molecule has 78 valence electrons. The van der Waals surface area contributed by atoms with Crippen molar-refractivity contribution < 1.29 is 4.79 Å². The number of hydrogen-bond donors (Lipinski definition) is 1. The highest BCUT2D eigenvalue weighted by atomic mass is 16.2. The Kier molecular flexibility index (Phi) is 5.51. The first-order valence-corrected chi connectivity index (χ1v) is 4.94. The fourth-order valence-corrected chi connectivity index (χ4v) is 1.28. The number of hydrogen-bond acceptors (Lipinski definition) is 1. The van der Waals surface area contributed by atoms with E-state index < -0.39 is 0 Å². The number of carbonyl (C=O) groups is 1. The van der Waals surface area contributed by atoms with Crippen LogP contribution < -0.4 is 5.32 Å². The van der Waals surface area contributed by atoms with Gasteiger partial charge in [0, 0.05) is 20.1 Å². The lowest BCUT2D eigenvalue weighted by Gasteiger charge is -2.25. The molecule has 0 fully saturated rings. The van der Waals surface area contributed by atoms with Crippen molar-refractivity contribution in [3.05, 3.63) is 0 Å². The number of amides is 2. The summed E-state index contributed by atoms with van der Waals surface area (Å²) in [5.74, 6) is 1.05. The zero-order valence-corrected chi connectivity index (χ0v) is 9.42. The Bertz CT molecular complexity index is 145. The van der Waals surface area contributed by atoms with Crippen molar-refractivity contribution in [1.29, 1.82) is 0 Å². The maximum atomic E-state index is 11.4. The summed E-state index contributed by atoms with van der Waals surface area (Å²) < 4.78 is 0. The van der Waals surface area contributed by atoms with Crippen molar-refractivity contribution in [2.75, 3.05) is 20.1 Å². The number of nitrogens with one attached hydrogen (secondary N) is 1. The third kappa shape index (κ3) is 5.50. The van der Waals surface area contributed by atoms with Crippen LogP contribution in [0.15, 0.2) is 0 Å². The molecule has 3 heteroatoms. The standard InChI is InChI=1S/C10H22N2O/c1-8(2)6-12(7-9(3)4)10(13)11-5/h8-9H,6-7H2,1-5H3,(H,11,13). The van der Waals surface area contributed by atoms with Crippen molar-refractivity contribution in [2.45, 2.75) is 27.7 Å². The quantitative estimate of drug-likeness (QED) is 0.715. The molecule has 0 unspecified atom stereocenters. The van der Waals surface area contributed by atoms with Gasteiger partial charge in [-0.05, 0) is 11.8 Å². The Balaban J connectivity index is 4.10. The highest BCUT2D eigenvalue weighted by molar-refractivity contribution is 5.73. The van der Waals surface area contributed by atoms with Crippen LogP contribution in [0, 0.1) is 11.8 Å². The van der Waals surface area contributed by atoms with E-state index in [1.54, 1.807) is 7.05 Å². The molecule has 0 heterocycles. The van der Waals surface area contributed by atoms with Crippen molar-refractivity contribution in [3.63, 3.8) is 0 Å². The minimum absolute atomic E-state index is 0.0300. The molecule has 1 N–H and O–H groups in total. The second-order valence-corrected chi connectivity index (χ2v) is 4.25. The van der Waals surface area contributed by atoms with Crippen molar-refractivity contribution in [3.8, 4) is 0 Å². The molecule has 0 rings (SSSR count). The van der Waals surface area contributed by atoms with Gasteiger partial charge < -0.3 is 10.2 Å². The van der Waals surface area contributed by atoms with Gasteiger partial charge in [0.2, 0.25) is 0 Å². The smallest absolute Gasteiger partial charge is 0.317 e. The van der Waals surface area contributed by atoms with Gasteiger partial charge in [0.15, 0.2) is 0 Å². The molecule has 0 aliphatic carbocycles. The van der Waals surface area contributed by atoms with E-state index in [1.165, 1.54) is 0 Å². The average Bonchev–Trinajstić information content (AvgIpc) is 2.00. The molecule has 2 amide bonds. The molecule has 0 aromatic carbocycles. The van der Waals surface area contributed by atoms with Crippen LogP contribution in [0.3, 0.4) is 0 Å². The third-order valence-corrected chi connectivity index (χ3v) is 1.67. The summed E-state index contributed by atoms with van der Waals surface area (Å²) in [7, 11) is 1.68. The van der Waals surface area contributed by atoms with Crippen LogP contribution in [0.2, 0.25) is 0 Å². The molecule has 0 aromatic heterocycles. The van der Waals surface area contributed by atoms with Crippen LogP contribution >= 0.6 is 0 Å². The molecule has 0 saturated carbocycles. The van der Waals surface area contributed by atoms with Crippen LogP contribution in [0.25, 0.3) is 0 Å². The van der Waals surface area contributed by atoms with E-state index in [9.17, 15) is 4.79 Å². The topological polar surface area (TPSA) is 32.3 Å². The second-order valence-electron chi connectivity index (χ2n) is 4.25. The van der Waals surface area contributed by atoms with Crippen LogP contribution in [-0.4, -0.2) is 31.1 Å². The number of carbonyl (C=O) groups excluding carboxylic acids is 1. The average molecular weight is 186 g/mol. The fraction of sp³-hybridized carbons (Fsp3) is 0.900. The van der Waals surface area contributed by atoms with E-state index in [1.807, 2.05) is 4.90 Å². The first-order valence-electron chi connectivity index (χ1n) is 4.94. The maximum absolute atomic E-state index is 11.4. The molecule has 3 nitrogen and oxygen atoms in total. The Hall–Kier alpha value is -0.730. The predicted molar refractivity (Wildman–Crippen MR) is 55.7 cm³/mol. The lowest BCUT2D eigenvalue weighted by atomic mass is 10.1. The monoisotopic (exact) mass is 186 g/mol. The zero-order chi connectivity index (χ0) is 10.4. The molecule has 0 aromatic rings. The number of urea groups is 1. The van der Waals surface area contributed by atoms with Crippen LogP contribution in [-0.2, 0) is 0 Å². The summed E-state index contributed by atoms with van der Waals surface area (Å²) in [6.45, 7) is 10.1. The van der Waals surface area contributed by atoms with E-state index in [4.69, 9.17) is 0 Å². The van der Waals surface area contributed by atoms with E-state index >= 15 is 0 Å². The first kappa shape index (κ1) is 12.3. The third-order valence-electron chi connectivity index (χ3n) is 1.67. The van der Waals surface area contributed by atoms with E-state index in [-0.39, 0.29) is 6.03 Å². The fourth-order valence-electron chi connectivity index (χ4n) is 1.28. The summed E-state index contributed by atoms with van der Waals surface area (Å²) >= 11 is 0. The molecule has 0 atom stereocenters. The summed E-state index contributed by atoms with van der Waals surface area (Å²) in [4.78, 5) is 13.3. The number of nitrogens with zero attached hydrogens (tertiary/aromatic N) is 1. The summed E-state index contributed by atoms with van der Waals surface area (Å²) in [6, 6.07) is 0.0300. The normalized spacial score (nSPS) is 10.7. The highest BCUT2D eigenvalue weighted by Crippen LogP contribution is 2.03. The van der Waals surface area contributed by atoms with Gasteiger partial charge in [0.1, 0.15) is 0 Å². The van der Waals surface area contributed by atoms with Crippen molar-refractivity contribution in [2.24, 2.45) is 11.8 Å². The zero-order valence-electron chi connectivity index (χ0n) is 9.42. The van der Waals surface area contributed by atoms with Gasteiger partial charge in [-0.1, -0.05) is 27.7 Å². The largest absolute Gasteiger partial charge is 0.341 e. The molecular weight excluding hydrogens is 164 g/mol. The Labute approximate surface area is 81.5 Å². The molecule has 0 spiro atoms. The maximum Gasteiger partial charge on any atom is 0.317 e. The molecule has 0 aliphatic heterocycles. The van der Waals surface area contributed by atoms with Crippen LogP contribution in [0.4, 0.5) is 4.79 Å². The van der Waals surface area contributed by atoms with Gasteiger partial charge >= 0.3 is 6.03 Å². The molecule has 0 bridgehead atoms. The lowest BCUT2D eigenvalue weighted by Crippen LogP contribution is -2.42. The van der Waals surface area contributed by atoms with E-state index in [0.717, 1.165) is 13.1 Å².